The molecule has 10 heteroatoms. The lowest BCUT2D eigenvalue weighted by Gasteiger charge is -2.27. The van der Waals surface area contributed by atoms with Crippen molar-refractivity contribution in [1.82, 2.24) is 19.5 Å². The Morgan fingerprint density at radius 1 is 1.52 bits per heavy atom. The van der Waals surface area contributed by atoms with E-state index in [4.69, 9.17) is 26.7 Å². The number of ether oxygens (including phenoxy) is 2. The highest BCUT2D eigenvalue weighted by atomic mass is 16.6. The highest BCUT2D eigenvalue weighted by molar-refractivity contribution is 5.81. The molecule has 2 aromatic rings. The van der Waals surface area contributed by atoms with Gasteiger partial charge >= 0.3 is 0 Å². The van der Waals surface area contributed by atoms with Crippen LogP contribution in [0.1, 0.15) is 12.6 Å². The van der Waals surface area contributed by atoms with Gasteiger partial charge in [-0.15, -0.1) is 0 Å². The first kappa shape index (κ1) is 14.1. The average Bonchev–Trinajstić information content (AvgIpc) is 2.99. The maximum absolute atomic E-state index is 10.3. The third kappa shape index (κ3) is 2.22. The minimum atomic E-state index is -1.62. The number of anilines is 1. The van der Waals surface area contributed by atoms with Crippen LogP contribution in [0.2, 0.25) is 0 Å². The summed E-state index contributed by atoms with van der Waals surface area (Å²) in [5.41, 5.74) is 16.7. The Hall–Kier alpha value is -1.85. The number of fused-ring (bicyclic) bond motifs is 1. The molecule has 0 aliphatic carbocycles. The first-order valence-electron chi connectivity index (χ1n) is 6.32. The average molecular weight is 295 g/mol. The van der Waals surface area contributed by atoms with E-state index in [0.29, 0.717) is 11.2 Å². The minimum Gasteiger partial charge on any atom is -0.382 e. The fraction of sp³-hybridized carbons (Fsp3) is 0.545. The molecule has 0 bridgehead atoms. The number of methoxy groups -OCH3 is 1. The Morgan fingerprint density at radius 3 is 3.00 bits per heavy atom. The summed E-state index contributed by atoms with van der Waals surface area (Å²) in [6.07, 6.45) is 0.660. The molecule has 0 radical (unpaired) electrons. The zero-order chi connectivity index (χ0) is 15.2. The molecule has 0 spiro atoms. The number of nitrogens with two attached hydrogens (primary N) is 3. The summed E-state index contributed by atoms with van der Waals surface area (Å²) in [6.45, 7) is 0. The maximum Gasteiger partial charge on any atom is 0.167 e. The first-order valence-corrected chi connectivity index (χ1v) is 6.32. The number of hydrogen-bond acceptors (Lipinski definition) is 9. The SMILES string of the molecule is COC(N)[C@H]1O[C@@H](n2cnc3c(N)ncnc32)C[C@]1(N)O. The minimum absolute atomic E-state index is 0.115. The molecule has 3 heterocycles. The highest BCUT2D eigenvalue weighted by Crippen LogP contribution is 2.36. The molecule has 0 saturated carbocycles. The molecule has 7 N–H and O–H groups in total. The number of aliphatic hydroxyl groups is 1. The molecule has 1 aliphatic rings. The van der Waals surface area contributed by atoms with E-state index in [9.17, 15) is 5.11 Å². The number of aromatic nitrogens is 4. The van der Waals surface area contributed by atoms with Crippen LogP contribution < -0.4 is 17.2 Å². The van der Waals surface area contributed by atoms with E-state index in [1.165, 1.54) is 19.8 Å². The number of imidazole rings is 1. The van der Waals surface area contributed by atoms with Gasteiger partial charge in [0.2, 0.25) is 0 Å². The van der Waals surface area contributed by atoms with Crippen LogP contribution >= 0.6 is 0 Å². The molecular weight excluding hydrogens is 278 g/mol. The Labute approximate surface area is 119 Å². The molecule has 4 atom stereocenters. The van der Waals surface area contributed by atoms with Crippen LogP contribution in [0.25, 0.3) is 11.2 Å². The van der Waals surface area contributed by atoms with E-state index in [2.05, 4.69) is 15.0 Å². The molecule has 1 fully saturated rings. The van der Waals surface area contributed by atoms with Gasteiger partial charge in [0, 0.05) is 13.5 Å². The van der Waals surface area contributed by atoms with Crippen molar-refractivity contribution in [3.63, 3.8) is 0 Å². The van der Waals surface area contributed by atoms with Crippen LogP contribution in [0, 0.1) is 0 Å². The molecule has 2 aromatic heterocycles. The predicted molar refractivity (Wildman–Crippen MR) is 72.4 cm³/mol. The zero-order valence-corrected chi connectivity index (χ0v) is 11.4. The first-order chi connectivity index (χ1) is 9.94. The lowest BCUT2D eigenvalue weighted by atomic mass is 10.1. The van der Waals surface area contributed by atoms with Gasteiger partial charge in [0.25, 0.3) is 0 Å². The van der Waals surface area contributed by atoms with Gasteiger partial charge in [0.1, 0.15) is 36.1 Å². The number of nitrogen functional groups attached to an aromatic ring is 1. The molecule has 1 aliphatic heterocycles. The molecule has 0 amide bonds. The fourth-order valence-corrected chi connectivity index (χ4v) is 2.46. The van der Waals surface area contributed by atoms with Crippen molar-refractivity contribution in [3.05, 3.63) is 12.7 Å². The summed E-state index contributed by atoms with van der Waals surface area (Å²) in [6, 6.07) is 0. The Morgan fingerprint density at radius 2 is 2.29 bits per heavy atom. The maximum atomic E-state index is 10.3. The summed E-state index contributed by atoms with van der Waals surface area (Å²) in [5, 5.41) is 10.3. The smallest absolute Gasteiger partial charge is 0.167 e. The summed E-state index contributed by atoms with van der Waals surface area (Å²) in [7, 11) is 1.41. The highest BCUT2D eigenvalue weighted by Gasteiger charge is 2.49. The quantitative estimate of drug-likeness (QED) is 0.482. The van der Waals surface area contributed by atoms with Crippen molar-refractivity contribution in [2.75, 3.05) is 12.8 Å². The Kier molecular flexibility index (Phi) is 3.26. The Bertz CT molecular complexity index is 658. The van der Waals surface area contributed by atoms with Gasteiger partial charge in [-0.25, -0.2) is 15.0 Å². The van der Waals surface area contributed by atoms with Crippen molar-refractivity contribution in [3.8, 4) is 0 Å². The predicted octanol–water partition coefficient (Wildman–Crippen LogP) is -1.73. The molecular formula is C11H17N7O3. The van der Waals surface area contributed by atoms with Crippen molar-refractivity contribution in [1.29, 1.82) is 0 Å². The fourth-order valence-electron chi connectivity index (χ4n) is 2.46. The van der Waals surface area contributed by atoms with Gasteiger partial charge in [0.05, 0.1) is 6.33 Å². The molecule has 1 saturated heterocycles. The third-order valence-corrected chi connectivity index (χ3v) is 3.57. The molecule has 1 unspecified atom stereocenters. The second kappa shape index (κ2) is 4.86. The van der Waals surface area contributed by atoms with Crippen molar-refractivity contribution in [2.24, 2.45) is 11.5 Å². The van der Waals surface area contributed by atoms with Crippen LogP contribution in [0.5, 0.6) is 0 Å². The molecule has 0 aromatic carbocycles. The van der Waals surface area contributed by atoms with Crippen molar-refractivity contribution < 1.29 is 14.6 Å². The van der Waals surface area contributed by atoms with Gasteiger partial charge in [-0.2, -0.15) is 0 Å². The molecule has 10 nitrogen and oxygen atoms in total. The van der Waals surface area contributed by atoms with Gasteiger partial charge in [-0.05, 0) is 0 Å². The van der Waals surface area contributed by atoms with Crippen LogP contribution in [-0.2, 0) is 9.47 Å². The van der Waals surface area contributed by atoms with E-state index >= 15 is 0 Å². The van der Waals surface area contributed by atoms with E-state index in [1.807, 2.05) is 0 Å². The number of rotatable bonds is 3. The Balaban J connectivity index is 1.96. The molecule has 3 rings (SSSR count). The number of hydrogen-bond donors (Lipinski definition) is 4. The second-order valence-electron chi connectivity index (χ2n) is 4.99. The summed E-state index contributed by atoms with van der Waals surface area (Å²) in [5.74, 6) is 0.268. The van der Waals surface area contributed by atoms with E-state index in [0.717, 1.165) is 0 Å². The summed E-state index contributed by atoms with van der Waals surface area (Å²) in [4.78, 5) is 12.1. The van der Waals surface area contributed by atoms with Gasteiger partial charge < -0.3 is 31.8 Å². The van der Waals surface area contributed by atoms with Crippen LogP contribution in [0.15, 0.2) is 12.7 Å². The zero-order valence-electron chi connectivity index (χ0n) is 11.4. The van der Waals surface area contributed by atoms with Gasteiger partial charge in [-0.1, -0.05) is 0 Å². The van der Waals surface area contributed by atoms with E-state index < -0.39 is 24.3 Å². The van der Waals surface area contributed by atoms with Crippen molar-refractivity contribution in [2.45, 2.75) is 30.7 Å². The second-order valence-corrected chi connectivity index (χ2v) is 4.99. The largest absolute Gasteiger partial charge is 0.382 e. The molecule has 21 heavy (non-hydrogen) atoms. The lowest BCUT2D eigenvalue weighted by molar-refractivity contribution is -0.122. The normalized spacial score (nSPS) is 30.9. The van der Waals surface area contributed by atoms with Crippen molar-refractivity contribution >= 4 is 17.0 Å². The van der Waals surface area contributed by atoms with E-state index in [1.54, 1.807) is 4.57 Å². The topological polar surface area (TPSA) is 160 Å². The third-order valence-electron chi connectivity index (χ3n) is 3.57. The standard InChI is InChI=1S/C11H17N7O3/c1-20-9(13)7-11(14,19)2-5(21-7)18-4-17-6-8(12)15-3-16-10(6)18/h3-5,7,9,19H,2,13-14H2,1H3,(H2,12,15,16)/t5-,7-,9?,11+/m1/s1. The van der Waals surface area contributed by atoms with Gasteiger partial charge in [-0.3, -0.25) is 4.57 Å². The summed E-state index contributed by atoms with van der Waals surface area (Å²) < 4.78 is 12.3. The monoisotopic (exact) mass is 295 g/mol. The van der Waals surface area contributed by atoms with E-state index in [-0.39, 0.29) is 12.2 Å². The van der Waals surface area contributed by atoms with Crippen LogP contribution in [0.3, 0.4) is 0 Å². The lowest BCUT2D eigenvalue weighted by Crippen LogP contribution is -2.55. The number of nitrogens with zero attached hydrogens (tertiary/aromatic N) is 4. The molecule has 114 valence electrons. The van der Waals surface area contributed by atoms with Crippen LogP contribution in [-0.4, -0.2) is 49.8 Å². The van der Waals surface area contributed by atoms with Crippen LogP contribution in [0.4, 0.5) is 5.82 Å². The van der Waals surface area contributed by atoms with Gasteiger partial charge in [0.15, 0.2) is 11.5 Å². The summed E-state index contributed by atoms with van der Waals surface area (Å²) >= 11 is 0.